The average molecular weight is 351 g/mol. The van der Waals surface area contributed by atoms with Crippen LogP contribution in [0.15, 0.2) is 24.3 Å². The van der Waals surface area contributed by atoms with Crippen molar-refractivity contribution >= 4 is 24.0 Å². The molecule has 7 heteroatoms. The lowest BCUT2D eigenvalue weighted by atomic mass is 9.92. The molecule has 0 unspecified atom stereocenters. The summed E-state index contributed by atoms with van der Waals surface area (Å²) in [4.78, 5) is 12.2. The highest BCUT2D eigenvalue weighted by molar-refractivity contribution is 5.92. The Morgan fingerprint density at radius 2 is 1.96 bits per heavy atom. The van der Waals surface area contributed by atoms with Gasteiger partial charge in [-0.25, -0.2) is 0 Å². The highest BCUT2D eigenvalue weighted by Crippen LogP contribution is 2.23. The predicted molar refractivity (Wildman–Crippen MR) is 86.9 cm³/mol. The molecule has 2 rings (SSSR count). The fourth-order valence-electron chi connectivity index (χ4n) is 2.66. The number of rotatable bonds is 4. The van der Waals surface area contributed by atoms with E-state index in [9.17, 15) is 18.0 Å². The van der Waals surface area contributed by atoms with Crippen LogP contribution in [0, 0.1) is 5.92 Å². The van der Waals surface area contributed by atoms with E-state index in [1.54, 1.807) is 24.3 Å². The second kappa shape index (κ2) is 8.55. The number of anilines is 1. The Labute approximate surface area is 140 Å². The lowest BCUT2D eigenvalue weighted by Crippen LogP contribution is -2.40. The van der Waals surface area contributed by atoms with Crippen molar-refractivity contribution in [2.45, 2.75) is 44.8 Å². The molecule has 0 bridgehead atoms. The van der Waals surface area contributed by atoms with E-state index in [0.717, 1.165) is 19.4 Å². The second-order valence-corrected chi connectivity index (χ2v) is 5.88. The van der Waals surface area contributed by atoms with Gasteiger partial charge in [-0.3, -0.25) is 4.79 Å². The first-order valence-corrected chi connectivity index (χ1v) is 7.53. The normalized spacial score (nSPS) is 21.4. The van der Waals surface area contributed by atoms with Crippen molar-refractivity contribution in [1.29, 1.82) is 0 Å². The van der Waals surface area contributed by atoms with Crippen molar-refractivity contribution in [3.8, 4) is 0 Å². The Kier molecular flexibility index (Phi) is 7.35. The molecule has 0 spiro atoms. The number of aryl methyl sites for hydroxylation is 1. The molecule has 0 radical (unpaired) electrons. The summed E-state index contributed by atoms with van der Waals surface area (Å²) in [6, 6.07) is 6.91. The van der Waals surface area contributed by atoms with Crippen LogP contribution >= 0.6 is 12.4 Å². The van der Waals surface area contributed by atoms with E-state index in [-0.39, 0.29) is 30.7 Å². The smallest absolute Gasteiger partial charge is 0.326 e. The van der Waals surface area contributed by atoms with Gasteiger partial charge in [0, 0.05) is 24.1 Å². The molecule has 2 atom stereocenters. The van der Waals surface area contributed by atoms with Crippen LogP contribution in [0.4, 0.5) is 18.9 Å². The Morgan fingerprint density at radius 3 is 2.52 bits per heavy atom. The highest BCUT2D eigenvalue weighted by Gasteiger charge is 2.26. The number of nitrogens with one attached hydrogen (secondary N) is 2. The third-order valence-corrected chi connectivity index (χ3v) is 3.91. The van der Waals surface area contributed by atoms with E-state index < -0.39 is 12.6 Å². The van der Waals surface area contributed by atoms with Gasteiger partial charge in [-0.15, -0.1) is 12.4 Å². The van der Waals surface area contributed by atoms with E-state index in [4.69, 9.17) is 0 Å². The van der Waals surface area contributed by atoms with Crippen LogP contribution < -0.4 is 10.6 Å². The minimum Gasteiger partial charge on any atom is -0.326 e. The van der Waals surface area contributed by atoms with Crippen molar-refractivity contribution in [1.82, 2.24) is 5.32 Å². The molecule has 0 aliphatic carbocycles. The van der Waals surface area contributed by atoms with Gasteiger partial charge in [-0.05, 0) is 50.4 Å². The van der Waals surface area contributed by atoms with Gasteiger partial charge in [0.25, 0.3) is 0 Å². The molecule has 23 heavy (non-hydrogen) atoms. The fraction of sp³-hybridized carbons (Fsp3) is 0.562. The molecular weight excluding hydrogens is 329 g/mol. The van der Waals surface area contributed by atoms with E-state index in [1.807, 2.05) is 0 Å². The molecule has 130 valence electrons. The van der Waals surface area contributed by atoms with Crippen LogP contribution in [0.3, 0.4) is 0 Å². The van der Waals surface area contributed by atoms with E-state index in [2.05, 4.69) is 17.6 Å². The maximum Gasteiger partial charge on any atom is 0.389 e. The predicted octanol–water partition coefficient (Wildman–Crippen LogP) is 3.93. The highest BCUT2D eigenvalue weighted by atomic mass is 35.5. The number of hydrogen-bond donors (Lipinski definition) is 2. The van der Waals surface area contributed by atoms with Crippen molar-refractivity contribution in [2.75, 3.05) is 11.9 Å². The average Bonchev–Trinajstić information content (AvgIpc) is 2.46. The summed E-state index contributed by atoms with van der Waals surface area (Å²) in [7, 11) is 0. The van der Waals surface area contributed by atoms with Gasteiger partial charge in [0.1, 0.15) is 0 Å². The van der Waals surface area contributed by atoms with Gasteiger partial charge in [-0.2, -0.15) is 13.2 Å². The van der Waals surface area contributed by atoms with Crippen molar-refractivity contribution in [3.05, 3.63) is 29.8 Å². The zero-order valence-electron chi connectivity index (χ0n) is 13.0. The summed E-state index contributed by atoms with van der Waals surface area (Å²) in [5.41, 5.74) is 1.25. The van der Waals surface area contributed by atoms with Crippen molar-refractivity contribution in [2.24, 2.45) is 5.92 Å². The number of benzene rings is 1. The quantitative estimate of drug-likeness (QED) is 0.863. The summed E-state index contributed by atoms with van der Waals surface area (Å²) < 4.78 is 36.5. The molecule has 0 saturated carbocycles. The molecule has 1 heterocycles. The van der Waals surface area contributed by atoms with Gasteiger partial charge < -0.3 is 10.6 Å². The van der Waals surface area contributed by atoms with Crippen molar-refractivity contribution < 1.29 is 18.0 Å². The molecule has 1 aliphatic rings. The molecule has 1 amide bonds. The summed E-state index contributed by atoms with van der Waals surface area (Å²) >= 11 is 0. The number of halogens is 4. The number of alkyl halides is 3. The number of hydrogen-bond acceptors (Lipinski definition) is 2. The Hall–Kier alpha value is -1.27. The van der Waals surface area contributed by atoms with Gasteiger partial charge in [0.2, 0.25) is 5.91 Å². The van der Waals surface area contributed by atoms with Crippen LogP contribution in [-0.2, 0) is 11.2 Å². The zero-order chi connectivity index (χ0) is 16.2. The van der Waals surface area contributed by atoms with Crippen LogP contribution in [0.25, 0.3) is 0 Å². The number of carbonyl (C=O) groups is 1. The first-order valence-electron chi connectivity index (χ1n) is 7.53. The molecule has 2 N–H and O–H groups in total. The van der Waals surface area contributed by atoms with Gasteiger partial charge in [-0.1, -0.05) is 12.1 Å². The van der Waals surface area contributed by atoms with E-state index in [1.165, 1.54) is 0 Å². The molecule has 1 fully saturated rings. The molecule has 1 aliphatic heterocycles. The summed E-state index contributed by atoms with van der Waals surface area (Å²) in [6.07, 6.45) is -3.40. The lowest BCUT2D eigenvalue weighted by molar-refractivity contribution is -0.134. The molecule has 1 aromatic carbocycles. The zero-order valence-corrected chi connectivity index (χ0v) is 13.8. The number of piperidine rings is 1. The largest absolute Gasteiger partial charge is 0.389 e. The molecule has 1 aromatic rings. The minimum atomic E-state index is -4.14. The summed E-state index contributed by atoms with van der Waals surface area (Å²) in [6.45, 7) is 2.88. The van der Waals surface area contributed by atoms with Gasteiger partial charge >= 0.3 is 6.18 Å². The maximum atomic E-state index is 12.2. The minimum absolute atomic E-state index is 0. The maximum absolute atomic E-state index is 12.2. The topological polar surface area (TPSA) is 41.1 Å². The Morgan fingerprint density at radius 1 is 1.30 bits per heavy atom. The standard InChI is InChI=1S/C16H21F3N2O.ClH/c1-11-10-13(7-9-20-11)15(22)21-14-4-2-12(3-5-14)6-8-16(17,18)19;/h2-5,11,13,20H,6-10H2,1H3,(H,21,22);1H/t11-,13-;/m0./s1. The second-order valence-electron chi connectivity index (χ2n) is 5.88. The lowest BCUT2D eigenvalue weighted by Gasteiger charge is -2.27. The first-order chi connectivity index (χ1) is 10.3. The molecular formula is C16H22ClF3N2O. The fourth-order valence-corrected chi connectivity index (χ4v) is 2.66. The Bertz CT molecular complexity index is 505. The Balaban J connectivity index is 0.00000264. The van der Waals surface area contributed by atoms with Crippen LogP contribution in [0.5, 0.6) is 0 Å². The first kappa shape index (κ1) is 19.8. The third kappa shape index (κ3) is 6.79. The van der Waals surface area contributed by atoms with Gasteiger partial charge in [0.15, 0.2) is 0 Å². The molecule has 3 nitrogen and oxygen atoms in total. The summed E-state index contributed by atoms with van der Waals surface area (Å²) in [5, 5.41) is 6.14. The number of carbonyl (C=O) groups excluding carboxylic acids is 1. The van der Waals surface area contributed by atoms with Crippen LogP contribution in [0.2, 0.25) is 0 Å². The summed E-state index contributed by atoms with van der Waals surface area (Å²) in [5.74, 6) is -0.0300. The van der Waals surface area contributed by atoms with Gasteiger partial charge in [0.05, 0.1) is 0 Å². The third-order valence-electron chi connectivity index (χ3n) is 3.91. The van der Waals surface area contributed by atoms with Crippen LogP contribution in [0.1, 0.15) is 31.7 Å². The number of amides is 1. The van der Waals surface area contributed by atoms with Crippen LogP contribution in [-0.4, -0.2) is 24.7 Å². The SMILES string of the molecule is C[C@H]1C[C@@H](C(=O)Nc2ccc(CCC(F)(F)F)cc2)CCN1.Cl. The monoisotopic (exact) mass is 350 g/mol. The van der Waals surface area contributed by atoms with Crippen molar-refractivity contribution in [3.63, 3.8) is 0 Å². The molecule has 0 aromatic heterocycles. The van der Waals surface area contributed by atoms with E-state index in [0.29, 0.717) is 17.3 Å². The van der Waals surface area contributed by atoms with E-state index >= 15 is 0 Å². The molecule has 1 saturated heterocycles.